The van der Waals surface area contributed by atoms with Crippen LogP contribution in [-0.4, -0.2) is 5.78 Å². The van der Waals surface area contributed by atoms with Crippen molar-refractivity contribution in [1.82, 2.24) is 0 Å². The van der Waals surface area contributed by atoms with E-state index in [0.29, 0.717) is 22.5 Å². The number of carbonyl (C=O) groups excluding carboxylic acids is 1. The number of hydrogen-bond acceptors (Lipinski definition) is 1. The molecule has 0 saturated heterocycles. The Labute approximate surface area is 130 Å². The summed E-state index contributed by atoms with van der Waals surface area (Å²) in [6.45, 7) is 7.53. The van der Waals surface area contributed by atoms with Crippen molar-refractivity contribution in [3.8, 4) is 0 Å². The maximum Gasteiger partial charge on any atom is 0.139 e. The van der Waals surface area contributed by atoms with Gasteiger partial charge in [0.05, 0.1) is 0 Å². The highest BCUT2D eigenvalue weighted by Gasteiger charge is 2.62. The number of ketones is 1. The van der Waals surface area contributed by atoms with Crippen LogP contribution in [0.15, 0.2) is 0 Å². The van der Waals surface area contributed by atoms with Gasteiger partial charge in [-0.3, -0.25) is 4.79 Å². The number of fused-ring (bicyclic) bond motifs is 5. The molecule has 4 rings (SSSR count). The van der Waals surface area contributed by atoms with Crippen LogP contribution in [0.3, 0.4) is 0 Å². The minimum Gasteiger partial charge on any atom is -0.299 e. The predicted octanol–water partition coefficient (Wildman–Crippen LogP) is 5.38. The topological polar surface area (TPSA) is 17.1 Å². The fourth-order valence-corrected chi connectivity index (χ4v) is 7.38. The van der Waals surface area contributed by atoms with E-state index in [9.17, 15) is 4.79 Å². The average Bonchev–Trinajstić information content (AvgIpc) is 2.76. The van der Waals surface area contributed by atoms with Crippen LogP contribution in [0.1, 0.15) is 85.0 Å². The quantitative estimate of drug-likeness (QED) is 0.585. The number of Topliss-reactive ketones (excluding diaryl/α,β-unsaturated/α-hetero) is 1. The monoisotopic (exact) mass is 288 g/mol. The van der Waals surface area contributed by atoms with E-state index in [4.69, 9.17) is 0 Å². The van der Waals surface area contributed by atoms with Gasteiger partial charge in [0.1, 0.15) is 5.78 Å². The van der Waals surface area contributed by atoms with E-state index in [2.05, 4.69) is 20.8 Å². The summed E-state index contributed by atoms with van der Waals surface area (Å²) < 4.78 is 0. The summed E-state index contributed by atoms with van der Waals surface area (Å²) in [6, 6.07) is 0. The molecule has 4 fully saturated rings. The molecule has 0 aliphatic heterocycles. The summed E-state index contributed by atoms with van der Waals surface area (Å²) in [4.78, 5) is 12.4. The fourth-order valence-electron chi connectivity index (χ4n) is 7.38. The second-order valence-electron chi connectivity index (χ2n) is 9.52. The second-order valence-corrected chi connectivity index (χ2v) is 9.52. The van der Waals surface area contributed by atoms with Crippen LogP contribution in [0.25, 0.3) is 0 Å². The first-order chi connectivity index (χ1) is 9.91. The molecular weight excluding hydrogens is 256 g/mol. The van der Waals surface area contributed by atoms with Crippen molar-refractivity contribution in [3.63, 3.8) is 0 Å². The summed E-state index contributed by atoms with van der Waals surface area (Å²) in [6.07, 6.45) is 13.2. The summed E-state index contributed by atoms with van der Waals surface area (Å²) in [7, 11) is 0. The maximum absolute atomic E-state index is 12.4. The van der Waals surface area contributed by atoms with E-state index < -0.39 is 0 Å². The molecule has 6 atom stereocenters. The van der Waals surface area contributed by atoms with Gasteiger partial charge in [0, 0.05) is 11.8 Å². The van der Waals surface area contributed by atoms with Gasteiger partial charge in [-0.2, -0.15) is 0 Å². The number of carbonyl (C=O) groups is 1. The van der Waals surface area contributed by atoms with Gasteiger partial charge in [-0.15, -0.1) is 0 Å². The zero-order chi connectivity index (χ0) is 14.9. The van der Waals surface area contributed by atoms with E-state index in [1.165, 1.54) is 57.8 Å². The molecule has 1 heteroatoms. The first-order valence-corrected chi connectivity index (χ1v) is 9.44. The van der Waals surface area contributed by atoms with Crippen molar-refractivity contribution in [2.45, 2.75) is 85.0 Å². The molecule has 118 valence electrons. The Morgan fingerprint density at radius 1 is 0.857 bits per heavy atom. The Morgan fingerprint density at radius 3 is 2.43 bits per heavy atom. The summed E-state index contributed by atoms with van der Waals surface area (Å²) in [5, 5.41) is 0. The van der Waals surface area contributed by atoms with E-state index in [-0.39, 0.29) is 5.41 Å². The highest BCUT2D eigenvalue weighted by atomic mass is 16.1. The van der Waals surface area contributed by atoms with Crippen molar-refractivity contribution in [2.75, 3.05) is 0 Å². The Morgan fingerprint density at radius 2 is 1.62 bits per heavy atom. The van der Waals surface area contributed by atoms with Gasteiger partial charge in [-0.05, 0) is 73.5 Å². The van der Waals surface area contributed by atoms with Crippen LogP contribution >= 0.6 is 0 Å². The zero-order valence-corrected chi connectivity index (χ0v) is 14.2. The first-order valence-electron chi connectivity index (χ1n) is 9.44. The van der Waals surface area contributed by atoms with Crippen LogP contribution in [0.2, 0.25) is 0 Å². The van der Waals surface area contributed by atoms with E-state index in [1.54, 1.807) is 0 Å². The fraction of sp³-hybridized carbons (Fsp3) is 0.950. The van der Waals surface area contributed by atoms with Crippen molar-refractivity contribution in [3.05, 3.63) is 0 Å². The summed E-state index contributed by atoms with van der Waals surface area (Å²) >= 11 is 0. The van der Waals surface area contributed by atoms with E-state index >= 15 is 0 Å². The predicted molar refractivity (Wildman–Crippen MR) is 86.0 cm³/mol. The van der Waals surface area contributed by atoms with Crippen LogP contribution in [0.4, 0.5) is 0 Å². The Kier molecular flexibility index (Phi) is 2.96. The lowest BCUT2D eigenvalue weighted by molar-refractivity contribution is -0.155. The second kappa shape index (κ2) is 4.36. The van der Waals surface area contributed by atoms with Gasteiger partial charge in [0.25, 0.3) is 0 Å². The molecule has 1 unspecified atom stereocenters. The lowest BCUT2D eigenvalue weighted by Crippen LogP contribution is -2.56. The van der Waals surface area contributed by atoms with Gasteiger partial charge >= 0.3 is 0 Å². The van der Waals surface area contributed by atoms with Crippen molar-refractivity contribution in [1.29, 1.82) is 0 Å². The normalized spacial score (nSPS) is 56.5. The van der Waals surface area contributed by atoms with Gasteiger partial charge in [0.2, 0.25) is 0 Å². The summed E-state index contributed by atoms with van der Waals surface area (Å²) in [5.41, 5.74) is 1.20. The lowest BCUT2D eigenvalue weighted by Gasteiger charge is -2.64. The van der Waals surface area contributed by atoms with Crippen LogP contribution in [0.5, 0.6) is 0 Å². The molecule has 0 heterocycles. The van der Waals surface area contributed by atoms with Crippen molar-refractivity contribution >= 4 is 5.78 Å². The highest BCUT2D eigenvalue weighted by molar-refractivity contribution is 5.87. The van der Waals surface area contributed by atoms with Gasteiger partial charge in [0.15, 0.2) is 0 Å². The molecule has 4 aliphatic carbocycles. The molecule has 0 aromatic rings. The van der Waals surface area contributed by atoms with Crippen molar-refractivity contribution in [2.24, 2.45) is 34.0 Å². The third kappa shape index (κ3) is 1.67. The largest absolute Gasteiger partial charge is 0.299 e. The molecule has 21 heavy (non-hydrogen) atoms. The minimum atomic E-state index is 0.0555. The first kappa shape index (κ1) is 14.3. The maximum atomic E-state index is 12.4. The van der Waals surface area contributed by atoms with Gasteiger partial charge in [-0.1, -0.05) is 33.6 Å². The minimum absolute atomic E-state index is 0.0555. The van der Waals surface area contributed by atoms with Crippen LogP contribution in [0, 0.1) is 34.0 Å². The Balaban J connectivity index is 1.69. The molecule has 0 N–H and O–H groups in total. The summed E-state index contributed by atoms with van der Waals surface area (Å²) in [5.74, 6) is 3.06. The third-order valence-corrected chi connectivity index (χ3v) is 9.05. The molecule has 0 radical (unpaired) electrons. The van der Waals surface area contributed by atoms with Gasteiger partial charge < -0.3 is 0 Å². The van der Waals surface area contributed by atoms with E-state index in [0.717, 1.165) is 18.3 Å². The highest BCUT2D eigenvalue weighted by Crippen LogP contribution is 2.69. The Bertz CT molecular complexity index is 468. The standard InChI is InChI=1S/C20H32O/c1-18-10-4-5-11-20(18,3)16-9-13-19(2)15(6-7-17(19)21)14(16)8-12-18/h14-16H,4-13H2,1-3H3/t14-,15-,16?,18+,19-,20+/m0/s1. The lowest BCUT2D eigenvalue weighted by atomic mass is 9.41. The molecule has 4 aliphatic rings. The van der Waals surface area contributed by atoms with Crippen molar-refractivity contribution < 1.29 is 4.79 Å². The smallest absolute Gasteiger partial charge is 0.139 e. The molecule has 0 aromatic heterocycles. The third-order valence-electron chi connectivity index (χ3n) is 9.05. The molecule has 0 spiro atoms. The molecule has 4 saturated carbocycles. The zero-order valence-electron chi connectivity index (χ0n) is 14.2. The molecule has 1 nitrogen and oxygen atoms in total. The van der Waals surface area contributed by atoms with E-state index in [1.807, 2.05) is 0 Å². The molecule has 0 amide bonds. The molecule has 0 aromatic carbocycles. The average molecular weight is 288 g/mol. The van der Waals surface area contributed by atoms with Gasteiger partial charge in [-0.25, -0.2) is 0 Å². The van der Waals surface area contributed by atoms with Crippen LogP contribution in [-0.2, 0) is 4.79 Å². The molecule has 0 bridgehead atoms. The molecular formula is C20H32O. The Hall–Kier alpha value is -0.330. The SMILES string of the molecule is C[C@]12CCCC[C@]1(C)C1CC[C@]3(C)C(=O)CC[C@H]3[C@@H]1CC2. The number of rotatable bonds is 0. The van der Waals surface area contributed by atoms with Crippen LogP contribution < -0.4 is 0 Å². The number of hydrogen-bond donors (Lipinski definition) is 0.